The summed E-state index contributed by atoms with van der Waals surface area (Å²) >= 11 is 0. The molecule has 0 unspecified atom stereocenters. The first-order chi connectivity index (χ1) is 11.0. The van der Waals surface area contributed by atoms with Crippen molar-refractivity contribution in [3.63, 3.8) is 0 Å². The number of ether oxygens (including phenoxy) is 1. The number of benzene rings is 2. The molecule has 0 fully saturated rings. The van der Waals surface area contributed by atoms with E-state index >= 15 is 0 Å². The van der Waals surface area contributed by atoms with Gasteiger partial charge < -0.3 is 9.15 Å². The smallest absolute Gasteiger partial charge is 0.343 e. The summed E-state index contributed by atoms with van der Waals surface area (Å²) in [5.74, 6) is -0.574. The number of nitro benzene ring substituents is 1. The third kappa shape index (κ3) is 3.08. The molecule has 0 atom stereocenters. The highest BCUT2D eigenvalue weighted by Crippen LogP contribution is 2.21. The summed E-state index contributed by atoms with van der Waals surface area (Å²) in [5.41, 5.74) is -0.390. The van der Waals surface area contributed by atoms with Crippen molar-refractivity contribution in [3.05, 3.63) is 80.7 Å². The third-order valence-corrected chi connectivity index (χ3v) is 3.10. The van der Waals surface area contributed by atoms with Crippen molar-refractivity contribution in [3.8, 4) is 5.75 Å². The number of rotatable bonds is 3. The molecule has 2 aromatic carbocycles. The summed E-state index contributed by atoms with van der Waals surface area (Å²) in [6.07, 6.45) is 0. The van der Waals surface area contributed by atoms with Crippen LogP contribution in [0.1, 0.15) is 10.4 Å². The number of esters is 1. The fourth-order valence-corrected chi connectivity index (χ4v) is 2.02. The van der Waals surface area contributed by atoms with E-state index in [0.717, 1.165) is 6.07 Å². The van der Waals surface area contributed by atoms with Gasteiger partial charge in [0.05, 0.1) is 10.5 Å². The lowest BCUT2D eigenvalue weighted by molar-refractivity contribution is -0.384. The summed E-state index contributed by atoms with van der Waals surface area (Å²) in [7, 11) is 0. The van der Waals surface area contributed by atoms with Gasteiger partial charge in [0.2, 0.25) is 0 Å². The lowest BCUT2D eigenvalue weighted by Gasteiger charge is -2.05. The van der Waals surface area contributed by atoms with Crippen molar-refractivity contribution in [2.75, 3.05) is 0 Å². The van der Waals surface area contributed by atoms with E-state index in [0.29, 0.717) is 5.39 Å². The quantitative estimate of drug-likeness (QED) is 0.242. The molecule has 0 aliphatic rings. The number of fused-ring (bicyclic) bond motifs is 1. The van der Waals surface area contributed by atoms with Crippen LogP contribution in [0.2, 0.25) is 0 Å². The van der Waals surface area contributed by atoms with Crippen molar-refractivity contribution in [1.29, 1.82) is 0 Å². The molecule has 114 valence electrons. The molecule has 0 bridgehead atoms. The second-order valence-corrected chi connectivity index (χ2v) is 4.65. The molecule has 7 nitrogen and oxygen atoms in total. The predicted octanol–water partition coefficient (Wildman–Crippen LogP) is 2.92. The topological polar surface area (TPSA) is 99.7 Å². The third-order valence-electron chi connectivity index (χ3n) is 3.10. The van der Waals surface area contributed by atoms with Crippen LogP contribution in [0.3, 0.4) is 0 Å². The summed E-state index contributed by atoms with van der Waals surface area (Å²) in [5, 5.41) is 11.4. The number of hydrogen-bond acceptors (Lipinski definition) is 6. The molecule has 23 heavy (non-hydrogen) atoms. The SMILES string of the molecule is O=C(Oc1ccc2ccc(=O)oc2c1)c1cccc([N+](=O)[O-])c1. The van der Waals surface area contributed by atoms with Gasteiger partial charge in [-0.3, -0.25) is 10.1 Å². The van der Waals surface area contributed by atoms with Crippen LogP contribution in [0.25, 0.3) is 11.0 Å². The van der Waals surface area contributed by atoms with E-state index in [-0.39, 0.29) is 22.6 Å². The van der Waals surface area contributed by atoms with E-state index < -0.39 is 16.5 Å². The molecule has 1 aromatic heterocycles. The largest absolute Gasteiger partial charge is 0.423 e. The summed E-state index contributed by atoms with van der Waals surface area (Å²) in [4.78, 5) is 33.4. The highest BCUT2D eigenvalue weighted by atomic mass is 16.6. The highest BCUT2D eigenvalue weighted by Gasteiger charge is 2.14. The minimum absolute atomic E-state index is 0.0498. The summed E-state index contributed by atoms with van der Waals surface area (Å²) in [6, 6.07) is 12.7. The Morgan fingerprint density at radius 1 is 1.09 bits per heavy atom. The van der Waals surface area contributed by atoms with Crippen LogP contribution in [0.5, 0.6) is 5.75 Å². The maximum atomic E-state index is 12.1. The summed E-state index contributed by atoms with van der Waals surface area (Å²) in [6.45, 7) is 0. The zero-order valence-electron chi connectivity index (χ0n) is 11.6. The van der Waals surface area contributed by atoms with Crippen LogP contribution in [0.15, 0.2) is 63.8 Å². The molecular formula is C16H9NO6. The van der Waals surface area contributed by atoms with Crippen molar-refractivity contribution in [1.82, 2.24) is 0 Å². The van der Waals surface area contributed by atoms with E-state index in [1.807, 2.05) is 0 Å². The first-order valence-electron chi connectivity index (χ1n) is 6.53. The van der Waals surface area contributed by atoms with Crippen LogP contribution in [0, 0.1) is 10.1 Å². The minimum atomic E-state index is -0.744. The molecule has 0 amide bonds. The van der Waals surface area contributed by atoms with Crippen molar-refractivity contribution in [2.45, 2.75) is 0 Å². The molecule has 3 aromatic rings. The van der Waals surface area contributed by atoms with Crippen LogP contribution in [-0.4, -0.2) is 10.9 Å². The molecular weight excluding hydrogens is 302 g/mol. The van der Waals surface area contributed by atoms with Gasteiger partial charge in [0.25, 0.3) is 5.69 Å². The van der Waals surface area contributed by atoms with Gasteiger partial charge in [-0.2, -0.15) is 0 Å². The Morgan fingerprint density at radius 3 is 2.65 bits per heavy atom. The maximum Gasteiger partial charge on any atom is 0.343 e. The molecule has 1 heterocycles. The monoisotopic (exact) mass is 311 g/mol. The van der Waals surface area contributed by atoms with E-state index in [1.165, 1.54) is 36.4 Å². The van der Waals surface area contributed by atoms with Crippen molar-refractivity contribution < 1.29 is 18.9 Å². The molecule has 0 N–H and O–H groups in total. The van der Waals surface area contributed by atoms with Gasteiger partial charge in [0.1, 0.15) is 11.3 Å². The Kier molecular flexibility index (Phi) is 3.60. The zero-order valence-corrected chi connectivity index (χ0v) is 11.6. The standard InChI is InChI=1S/C16H9NO6/c18-15-7-5-10-4-6-13(9-14(10)23-15)22-16(19)11-2-1-3-12(8-11)17(20)21/h1-9H. The molecule has 0 radical (unpaired) electrons. The van der Waals surface area contributed by atoms with E-state index in [4.69, 9.17) is 9.15 Å². The molecule has 0 aliphatic carbocycles. The Balaban J connectivity index is 1.89. The molecule has 0 saturated carbocycles. The number of non-ortho nitro benzene ring substituents is 1. The van der Waals surface area contributed by atoms with Gasteiger partial charge in [-0.15, -0.1) is 0 Å². The number of hydrogen-bond donors (Lipinski definition) is 0. The first-order valence-corrected chi connectivity index (χ1v) is 6.53. The van der Waals surface area contributed by atoms with Crippen LogP contribution >= 0.6 is 0 Å². The average Bonchev–Trinajstić information content (AvgIpc) is 2.54. The van der Waals surface area contributed by atoms with Gasteiger partial charge in [-0.25, -0.2) is 9.59 Å². The molecule has 0 spiro atoms. The molecule has 0 saturated heterocycles. The van der Waals surface area contributed by atoms with Gasteiger partial charge in [0, 0.05) is 29.7 Å². The first kappa shape index (κ1) is 14.5. The molecule has 0 aliphatic heterocycles. The second kappa shape index (κ2) is 5.72. The van der Waals surface area contributed by atoms with Gasteiger partial charge >= 0.3 is 11.6 Å². The fourth-order valence-electron chi connectivity index (χ4n) is 2.02. The Hall–Kier alpha value is -3.48. The predicted molar refractivity (Wildman–Crippen MR) is 80.5 cm³/mol. The van der Waals surface area contributed by atoms with Gasteiger partial charge in [-0.1, -0.05) is 6.07 Å². The van der Waals surface area contributed by atoms with Crippen molar-refractivity contribution in [2.24, 2.45) is 0 Å². The lowest BCUT2D eigenvalue weighted by atomic mass is 10.2. The highest BCUT2D eigenvalue weighted by molar-refractivity contribution is 5.92. The lowest BCUT2D eigenvalue weighted by Crippen LogP contribution is -2.08. The Morgan fingerprint density at radius 2 is 1.87 bits per heavy atom. The van der Waals surface area contributed by atoms with Gasteiger partial charge in [-0.05, 0) is 24.3 Å². The number of nitrogens with zero attached hydrogens (tertiary/aromatic N) is 1. The van der Waals surface area contributed by atoms with Gasteiger partial charge in [0.15, 0.2) is 0 Å². The number of nitro groups is 1. The normalized spacial score (nSPS) is 10.4. The Bertz CT molecular complexity index is 975. The second-order valence-electron chi connectivity index (χ2n) is 4.65. The summed E-state index contributed by atoms with van der Waals surface area (Å²) < 4.78 is 10.2. The molecule has 3 rings (SSSR count). The Labute approximate surface area is 128 Å². The maximum absolute atomic E-state index is 12.1. The van der Waals surface area contributed by atoms with Crippen LogP contribution in [-0.2, 0) is 0 Å². The van der Waals surface area contributed by atoms with E-state index in [2.05, 4.69) is 0 Å². The van der Waals surface area contributed by atoms with E-state index in [1.54, 1.807) is 12.1 Å². The average molecular weight is 311 g/mol. The van der Waals surface area contributed by atoms with Crippen molar-refractivity contribution >= 4 is 22.6 Å². The number of carbonyl (C=O) groups excluding carboxylic acids is 1. The zero-order chi connectivity index (χ0) is 16.4. The minimum Gasteiger partial charge on any atom is -0.423 e. The number of carbonyl (C=O) groups is 1. The van der Waals surface area contributed by atoms with E-state index in [9.17, 15) is 19.7 Å². The molecule has 7 heteroatoms. The van der Waals surface area contributed by atoms with Crippen LogP contribution in [0.4, 0.5) is 5.69 Å². The fraction of sp³-hybridized carbons (Fsp3) is 0. The van der Waals surface area contributed by atoms with Crippen LogP contribution < -0.4 is 10.4 Å².